The monoisotopic (exact) mass is 413 g/mol. The Labute approximate surface area is 172 Å². The molecule has 1 aromatic carbocycles. The lowest BCUT2D eigenvalue weighted by molar-refractivity contribution is -0.157. The number of allylic oxidation sites excluding steroid dienone is 2. The highest BCUT2D eigenvalue weighted by Gasteiger charge is 2.67. The first-order valence-corrected chi connectivity index (χ1v) is 10.3. The summed E-state index contributed by atoms with van der Waals surface area (Å²) in [6.45, 7) is 1.03. The minimum atomic E-state index is -1.05. The third-order valence-corrected chi connectivity index (χ3v) is 7.19. The molecule has 6 nitrogen and oxygen atoms in total. The van der Waals surface area contributed by atoms with E-state index in [4.69, 9.17) is 16.3 Å². The van der Waals surface area contributed by atoms with Gasteiger partial charge in [-0.1, -0.05) is 23.8 Å². The largest absolute Gasteiger partial charge is 0.456 e. The predicted molar refractivity (Wildman–Crippen MR) is 103 cm³/mol. The van der Waals surface area contributed by atoms with E-state index in [0.717, 1.165) is 11.3 Å². The van der Waals surface area contributed by atoms with Gasteiger partial charge in [0.05, 0.1) is 11.8 Å². The first-order valence-electron chi connectivity index (χ1n) is 9.89. The molecule has 0 unspecified atom stereocenters. The van der Waals surface area contributed by atoms with Gasteiger partial charge in [0.25, 0.3) is 0 Å². The number of halogens is 1. The van der Waals surface area contributed by atoms with Crippen LogP contribution in [0.1, 0.15) is 23.7 Å². The Morgan fingerprint density at radius 1 is 1.07 bits per heavy atom. The van der Waals surface area contributed by atoms with Crippen molar-refractivity contribution in [2.75, 3.05) is 6.61 Å². The van der Waals surface area contributed by atoms with Crippen LogP contribution in [0.3, 0.4) is 0 Å². The number of ether oxygens (including phenoxy) is 1. The van der Waals surface area contributed by atoms with Crippen molar-refractivity contribution in [3.05, 3.63) is 47.0 Å². The first-order chi connectivity index (χ1) is 13.9. The number of rotatable bonds is 5. The zero-order valence-corrected chi connectivity index (χ0v) is 16.5. The molecular weight excluding hydrogens is 394 g/mol. The highest BCUT2D eigenvalue weighted by atomic mass is 35.5. The van der Waals surface area contributed by atoms with E-state index in [0.29, 0.717) is 22.4 Å². The molecule has 2 bridgehead atoms. The normalized spacial score (nSPS) is 34.6. The molecule has 0 N–H and O–H groups in total. The van der Waals surface area contributed by atoms with Crippen molar-refractivity contribution >= 4 is 35.2 Å². The molecule has 2 amide bonds. The van der Waals surface area contributed by atoms with Crippen molar-refractivity contribution < 1.29 is 23.9 Å². The summed E-state index contributed by atoms with van der Waals surface area (Å²) in [6, 6.07) is 5.21. The van der Waals surface area contributed by atoms with Gasteiger partial charge in [-0.25, -0.2) is 4.79 Å². The van der Waals surface area contributed by atoms with Gasteiger partial charge in [-0.2, -0.15) is 0 Å². The standard InChI is InChI=1S/C22H20ClNO5/c1-10(22(28)29-9-17(25)11-2-4-12(23)5-3-11)24-20(26)18-13-6-7-14(16-8-15(13)16)19(18)21(24)27/h2-7,10,13-16,18-19H,8-9H2,1H3/t10-,13+,14+,15+,16+,18-,19+/m1/s1. The number of esters is 1. The van der Waals surface area contributed by atoms with E-state index in [1.54, 1.807) is 24.3 Å². The summed E-state index contributed by atoms with van der Waals surface area (Å²) >= 11 is 5.80. The maximum atomic E-state index is 13.0. The number of carbonyl (C=O) groups excluding carboxylic acids is 4. The van der Waals surface area contributed by atoms with Crippen molar-refractivity contribution in [3.63, 3.8) is 0 Å². The number of likely N-dealkylation sites (tertiary alicyclic amines) is 1. The summed E-state index contributed by atoms with van der Waals surface area (Å²) < 4.78 is 5.13. The number of Topliss-reactive ketones (excluding diaryl/α,β-unsaturated/α-hetero) is 1. The van der Waals surface area contributed by atoms with Crippen LogP contribution < -0.4 is 0 Å². The number of amides is 2. The predicted octanol–water partition coefficient (Wildman–Crippen LogP) is 2.51. The van der Waals surface area contributed by atoms with Crippen molar-refractivity contribution in [2.45, 2.75) is 19.4 Å². The van der Waals surface area contributed by atoms with Gasteiger partial charge in [0.2, 0.25) is 11.8 Å². The third-order valence-electron chi connectivity index (χ3n) is 6.94. The molecule has 0 radical (unpaired) electrons. The molecular formula is C22H20ClNO5. The van der Waals surface area contributed by atoms with Gasteiger partial charge >= 0.3 is 5.97 Å². The number of benzene rings is 1. The molecule has 7 heteroatoms. The molecule has 7 atom stereocenters. The van der Waals surface area contributed by atoms with E-state index in [1.165, 1.54) is 6.92 Å². The Hall–Kier alpha value is -2.47. The molecule has 3 fully saturated rings. The first kappa shape index (κ1) is 18.6. The van der Waals surface area contributed by atoms with Crippen LogP contribution in [0.5, 0.6) is 0 Å². The molecule has 5 aliphatic rings. The van der Waals surface area contributed by atoms with Crippen LogP contribution in [0.25, 0.3) is 0 Å². The lowest BCUT2D eigenvalue weighted by Crippen LogP contribution is -2.45. The number of imide groups is 1. The fourth-order valence-electron chi connectivity index (χ4n) is 5.44. The number of hydrogen-bond acceptors (Lipinski definition) is 5. The molecule has 150 valence electrons. The zero-order chi connectivity index (χ0) is 20.4. The van der Waals surface area contributed by atoms with Crippen LogP contribution in [0, 0.1) is 35.5 Å². The second-order valence-corrected chi connectivity index (χ2v) is 8.85. The van der Waals surface area contributed by atoms with Gasteiger partial charge < -0.3 is 4.74 Å². The summed E-state index contributed by atoms with van der Waals surface area (Å²) in [5.74, 6) is -1.19. The number of nitrogens with zero attached hydrogens (tertiary/aromatic N) is 1. The van der Waals surface area contributed by atoms with Crippen molar-refractivity contribution in [3.8, 4) is 0 Å². The van der Waals surface area contributed by atoms with Crippen molar-refractivity contribution in [2.24, 2.45) is 35.5 Å². The Morgan fingerprint density at radius 3 is 2.17 bits per heavy atom. The molecule has 0 spiro atoms. The average molecular weight is 414 g/mol. The van der Waals surface area contributed by atoms with Gasteiger partial charge in [0.15, 0.2) is 12.4 Å². The van der Waals surface area contributed by atoms with Crippen LogP contribution in [-0.4, -0.2) is 41.1 Å². The highest BCUT2D eigenvalue weighted by Crippen LogP contribution is 2.65. The van der Waals surface area contributed by atoms with Gasteiger partial charge in [-0.05, 0) is 61.3 Å². The van der Waals surface area contributed by atoms with E-state index in [2.05, 4.69) is 12.2 Å². The molecule has 1 saturated heterocycles. The SMILES string of the molecule is C[C@H](C(=O)OCC(=O)c1ccc(Cl)cc1)N1C(=O)[C@@H]2[C@H]3C=C[C@@H]([C@@H]4C[C@@H]34)[C@@H]2C1=O. The smallest absolute Gasteiger partial charge is 0.329 e. The quantitative estimate of drug-likeness (QED) is 0.320. The molecule has 1 heterocycles. The topological polar surface area (TPSA) is 80.8 Å². The van der Waals surface area contributed by atoms with E-state index in [-0.39, 0.29) is 41.3 Å². The Kier molecular flexibility index (Phi) is 4.17. The average Bonchev–Trinajstić information content (AvgIpc) is 3.49. The molecule has 2 saturated carbocycles. The third kappa shape index (κ3) is 2.76. The number of hydrogen-bond donors (Lipinski definition) is 0. The van der Waals surface area contributed by atoms with Gasteiger partial charge in [-0.15, -0.1) is 0 Å². The van der Waals surface area contributed by atoms with Gasteiger partial charge in [-0.3, -0.25) is 19.3 Å². The van der Waals surface area contributed by atoms with Crippen LogP contribution in [0.4, 0.5) is 0 Å². The molecule has 1 aromatic rings. The van der Waals surface area contributed by atoms with E-state index < -0.39 is 18.6 Å². The molecule has 0 aromatic heterocycles. The summed E-state index contributed by atoms with van der Waals surface area (Å²) in [4.78, 5) is 51.8. The van der Waals surface area contributed by atoms with Crippen LogP contribution in [-0.2, 0) is 19.1 Å². The molecule has 4 aliphatic carbocycles. The summed E-state index contributed by atoms with van der Waals surface area (Å²) in [6.07, 6.45) is 5.26. The second-order valence-electron chi connectivity index (χ2n) is 8.41. The second kappa shape index (κ2) is 6.52. The molecule has 6 rings (SSSR count). The van der Waals surface area contributed by atoms with E-state index in [1.807, 2.05) is 0 Å². The summed E-state index contributed by atoms with van der Waals surface area (Å²) in [5, 5.41) is 0.501. The fraction of sp³-hybridized carbons (Fsp3) is 0.455. The lowest BCUT2D eigenvalue weighted by atomic mass is 9.63. The van der Waals surface area contributed by atoms with Crippen molar-refractivity contribution in [1.29, 1.82) is 0 Å². The van der Waals surface area contributed by atoms with Gasteiger partial charge in [0, 0.05) is 10.6 Å². The zero-order valence-electron chi connectivity index (χ0n) is 15.8. The lowest BCUT2D eigenvalue weighted by Gasteiger charge is -2.37. The highest BCUT2D eigenvalue weighted by molar-refractivity contribution is 6.30. The van der Waals surface area contributed by atoms with Crippen LogP contribution >= 0.6 is 11.6 Å². The Bertz CT molecular complexity index is 918. The van der Waals surface area contributed by atoms with Crippen LogP contribution in [0.2, 0.25) is 5.02 Å². The van der Waals surface area contributed by atoms with E-state index >= 15 is 0 Å². The van der Waals surface area contributed by atoms with Crippen molar-refractivity contribution in [1.82, 2.24) is 4.90 Å². The summed E-state index contributed by atoms with van der Waals surface area (Å²) in [7, 11) is 0. The summed E-state index contributed by atoms with van der Waals surface area (Å²) in [5.41, 5.74) is 0.371. The van der Waals surface area contributed by atoms with E-state index in [9.17, 15) is 19.2 Å². The fourth-order valence-corrected chi connectivity index (χ4v) is 5.57. The van der Waals surface area contributed by atoms with Gasteiger partial charge in [0.1, 0.15) is 6.04 Å². The maximum Gasteiger partial charge on any atom is 0.329 e. The number of carbonyl (C=O) groups is 4. The minimum Gasteiger partial charge on any atom is -0.456 e. The minimum absolute atomic E-state index is 0.103. The maximum absolute atomic E-state index is 13.0. The Morgan fingerprint density at radius 2 is 1.62 bits per heavy atom. The molecule has 1 aliphatic heterocycles. The molecule has 29 heavy (non-hydrogen) atoms. The number of ketones is 1. The Balaban J connectivity index is 1.26. The van der Waals surface area contributed by atoms with Crippen LogP contribution in [0.15, 0.2) is 36.4 Å².